The highest BCUT2D eigenvalue weighted by Crippen LogP contribution is 2.33. The van der Waals surface area contributed by atoms with E-state index < -0.39 is 0 Å². The van der Waals surface area contributed by atoms with Gasteiger partial charge < -0.3 is 10.0 Å². The van der Waals surface area contributed by atoms with Crippen LogP contribution in [-0.2, 0) is 6.61 Å². The van der Waals surface area contributed by atoms with Crippen LogP contribution in [0, 0.1) is 5.92 Å². The van der Waals surface area contributed by atoms with Crippen LogP contribution in [0.3, 0.4) is 0 Å². The molecule has 1 fully saturated rings. The van der Waals surface area contributed by atoms with Crippen molar-refractivity contribution < 1.29 is 5.11 Å². The molecule has 0 aromatic carbocycles. The largest absolute Gasteiger partial charge is 0.391 e. The summed E-state index contributed by atoms with van der Waals surface area (Å²) in [5.41, 5.74) is 0. The van der Waals surface area contributed by atoms with E-state index in [2.05, 4.69) is 16.8 Å². The second-order valence-corrected chi connectivity index (χ2v) is 5.62. The highest BCUT2D eigenvalue weighted by molar-refractivity contribution is 7.16. The Bertz CT molecular complexity index is 352. The molecule has 0 aliphatic heterocycles. The lowest BCUT2D eigenvalue weighted by molar-refractivity contribution is 0.285. The van der Waals surface area contributed by atoms with E-state index in [1.807, 2.05) is 0 Å². The molecule has 1 N–H and O–H groups in total. The molecule has 1 aromatic heterocycles. The lowest BCUT2D eigenvalue weighted by Crippen LogP contribution is -2.32. The zero-order valence-corrected chi connectivity index (χ0v) is 11.0. The average molecular weight is 261 g/mol. The molecular formula is C11H17ClN2OS. The molecule has 1 aromatic rings. The van der Waals surface area contributed by atoms with Gasteiger partial charge in [-0.3, -0.25) is 0 Å². The van der Waals surface area contributed by atoms with Gasteiger partial charge in [-0.15, -0.1) is 0 Å². The van der Waals surface area contributed by atoms with Gasteiger partial charge in [0.15, 0.2) is 5.13 Å². The average Bonchev–Trinajstić information content (AvgIpc) is 2.58. The smallest absolute Gasteiger partial charge is 0.187 e. The van der Waals surface area contributed by atoms with Crippen LogP contribution in [0.15, 0.2) is 0 Å². The van der Waals surface area contributed by atoms with E-state index in [4.69, 9.17) is 16.7 Å². The van der Waals surface area contributed by atoms with E-state index >= 15 is 0 Å². The van der Waals surface area contributed by atoms with Gasteiger partial charge >= 0.3 is 0 Å². The van der Waals surface area contributed by atoms with E-state index in [1.165, 1.54) is 30.6 Å². The normalized spacial score (nSPS) is 16.2. The van der Waals surface area contributed by atoms with Crippen LogP contribution in [-0.4, -0.2) is 23.2 Å². The summed E-state index contributed by atoms with van der Waals surface area (Å²) in [7, 11) is 0. The fourth-order valence-corrected chi connectivity index (χ4v) is 3.07. The predicted molar refractivity (Wildman–Crippen MR) is 68.3 cm³/mol. The first-order chi connectivity index (χ1) is 7.74. The summed E-state index contributed by atoms with van der Waals surface area (Å²) in [6.07, 6.45) is 4.04. The molecule has 0 unspecified atom stereocenters. The van der Waals surface area contributed by atoms with Crippen molar-refractivity contribution in [1.82, 2.24) is 4.98 Å². The number of rotatable bonds is 5. The molecule has 1 saturated carbocycles. The second kappa shape index (κ2) is 5.34. The van der Waals surface area contributed by atoms with Crippen molar-refractivity contribution in [2.75, 3.05) is 18.0 Å². The number of aliphatic hydroxyl groups excluding tert-OH is 1. The van der Waals surface area contributed by atoms with E-state index in [1.54, 1.807) is 0 Å². The first-order valence-corrected chi connectivity index (χ1v) is 6.95. The maximum absolute atomic E-state index is 9.09. The number of aromatic nitrogens is 1. The number of nitrogens with zero attached hydrogens (tertiary/aromatic N) is 2. The van der Waals surface area contributed by atoms with Crippen LogP contribution in [0.25, 0.3) is 0 Å². The summed E-state index contributed by atoms with van der Waals surface area (Å²) < 4.78 is 0. The Labute approximate surface area is 105 Å². The molecule has 1 heterocycles. The van der Waals surface area contributed by atoms with Crippen LogP contribution in [0.2, 0.25) is 5.15 Å². The minimum Gasteiger partial charge on any atom is -0.391 e. The van der Waals surface area contributed by atoms with Gasteiger partial charge in [-0.1, -0.05) is 29.4 Å². The van der Waals surface area contributed by atoms with Gasteiger partial charge in [0.25, 0.3) is 0 Å². The van der Waals surface area contributed by atoms with Gasteiger partial charge in [0.2, 0.25) is 0 Å². The molecule has 1 aliphatic carbocycles. The molecule has 0 bridgehead atoms. The maximum atomic E-state index is 9.09. The number of aliphatic hydroxyl groups is 1. The summed E-state index contributed by atoms with van der Waals surface area (Å²) >= 11 is 7.44. The Hall–Kier alpha value is -0.320. The van der Waals surface area contributed by atoms with E-state index in [0.29, 0.717) is 5.15 Å². The van der Waals surface area contributed by atoms with Crippen LogP contribution in [0.1, 0.15) is 31.1 Å². The van der Waals surface area contributed by atoms with Crippen LogP contribution >= 0.6 is 22.9 Å². The van der Waals surface area contributed by atoms with Crippen LogP contribution < -0.4 is 4.90 Å². The van der Waals surface area contributed by atoms with Gasteiger partial charge in [-0.2, -0.15) is 0 Å². The number of hydrogen-bond acceptors (Lipinski definition) is 4. The molecule has 90 valence electrons. The molecule has 0 saturated heterocycles. The first-order valence-electron chi connectivity index (χ1n) is 5.75. The topological polar surface area (TPSA) is 36.4 Å². The predicted octanol–water partition coefficient (Wildman–Crippen LogP) is 2.92. The Kier molecular flexibility index (Phi) is 4.05. The zero-order chi connectivity index (χ0) is 11.5. The minimum atomic E-state index is -0.0164. The van der Waals surface area contributed by atoms with Gasteiger partial charge in [0, 0.05) is 13.1 Å². The number of hydrogen-bond donors (Lipinski definition) is 1. The van der Waals surface area contributed by atoms with Gasteiger partial charge in [-0.25, -0.2) is 4.98 Å². The lowest BCUT2D eigenvalue weighted by Gasteiger charge is -2.31. The molecule has 0 amide bonds. The molecule has 16 heavy (non-hydrogen) atoms. The van der Waals surface area contributed by atoms with Crippen molar-refractivity contribution in [3.05, 3.63) is 10.0 Å². The van der Waals surface area contributed by atoms with Crippen LogP contribution in [0.4, 0.5) is 5.13 Å². The van der Waals surface area contributed by atoms with E-state index in [9.17, 15) is 0 Å². The van der Waals surface area contributed by atoms with Crippen LogP contribution in [0.5, 0.6) is 0 Å². The number of anilines is 1. The van der Waals surface area contributed by atoms with E-state index in [0.717, 1.165) is 29.0 Å². The highest BCUT2D eigenvalue weighted by Gasteiger charge is 2.22. The molecule has 2 rings (SSSR count). The van der Waals surface area contributed by atoms with Crippen molar-refractivity contribution in [3.63, 3.8) is 0 Å². The third kappa shape index (κ3) is 2.50. The number of thiazole rings is 1. The molecule has 0 spiro atoms. The Morgan fingerprint density at radius 1 is 1.56 bits per heavy atom. The van der Waals surface area contributed by atoms with Gasteiger partial charge in [0.05, 0.1) is 11.5 Å². The van der Waals surface area contributed by atoms with Crippen molar-refractivity contribution in [1.29, 1.82) is 0 Å². The Balaban J connectivity index is 2.05. The standard InChI is InChI=1S/C11H17ClN2OS/c1-2-14(6-8-4-3-5-8)11-13-10(12)9(7-15)16-11/h8,15H,2-7H2,1H3. The summed E-state index contributed by atoms with van der Waals surface area (Å²) in [6, 6.07) is 0. The maximum Gasteiger partial charge on any atom is 0.187 e. The monoisotopic (exact) mass is 260 g/mol. The summed E-state index contributed by atoms with van der Waals surface area (Å²) in [6.45, 7) is 4.14. The molecule has 5 heteroatoms. The molecular weight excluding hydrogens is 244 g/mol. The van der Waals surface area contributed by atoms with Gasteiger partial charge in [-0.05, 0) is 25.7 Å². The second-order valence-electron chi connectivity index (χ2n) is 4.20. The zero-order valence-electron chi connectivity index (χ0n) is 9.45. The van der Waals surface area contributed by atoms with Crippen molar-refractivity contribution >= 4 is 28.1 Å². The Morgan fingerprint density at radius 2 is 2.31 bits per heavy atom. The fourth-order valence-electron chi connectivity index (χ4n) is 1.88. The molecule has 3 nitrogen and oxygen atoms in total. The first kappa shape index (κ1) is 12.1. The third-order valence-corrected chi connectivity index (χ3v) is 4.66. The molecule has 0 radical (unpaired) electrons. The molecule has 0 atom stereocenters. The quantitative estimate of drug-likeness (QED) is 0.884. The Morgan fingerprint density at radius 3 is 2.75 bits per heavy atom. The molecule has 1 aliphatic rings. The van der Waals surface area contributed by atoms with Crippen molar-refractivity contribution in [2.45, 2.75) is 32.8 Å². The minimum absolute atomic E-state index is 0.0164. The third-order valence-electron chi connectivity index (χ3n) is 3.14. The van der Waals surface area contributed by atoms with Crippen molar-refractivity contribution in [3.8, 4) is 0 Å². The summed E-state index contributed by atoms with van der Waals surface area (Å²) in [4.78, 5) is 7.34. The summed E-state index contributed by atoms with van der Waals surface area (Å²) in [5.74, 6) is 0.820. The SMILES string of the molecule is CCN(CC1CCC1)c1nc(Cl)c(CO)s1. The lowest BCUT2D eigenvalue weighted by atomic mass is 9.85. The fraction of sp³-hybridized carbons (Fsp3) is 0.727. The van der Waals surface area contributed by atoms with Crippen molar-refractivity contribution in [2.24, 2.45) is 5.92 Å². The summed E-state index contributed by atoms with van der Waals surface area (Å²) in [5, 5.41) is 10.5. The highest BCUT2D eigenvalue weighted by atomic mass is 35.5. The van der Waals surface area contributed by atoms with Gasteiger partial charge in [0.1, 0.15) is 5.15 Å². The van der Waals surface area contributed by atoms with E-state index in [-0.39, 0.29) is 6.61 Å². The number of halogens is 1.